The minimum absolute atomic E-state index is 0.0804. The van der Waals surface area contributed by atoms with E-state index in [4.69, 9.17) is 4.74 Å². The smallest absolute Gasteiger partial charge is 0.381 e. The summed E-state index contributed by atoms with van der Waals surface area (Å²) in [7, 11) is 0. The molecule has 2 aliphatic heterocycles. The van der Waals surface area contributed by atoms with Crippen LogP contribution < -0.4 is 4.90 Å². The van der Waals surface area contributed by atoms with E-state index in [0.717, 1.165) is 9.37 Å². The number of benzene rings is 1. The molecule has 0 N–H and O–H groups in total. The summed E-state index contributed by atoms with van der Waals surface area (Å²) >= 11 is 3.33. The molecule has 2 amide bonds. The molecule has 148 valence electrons. The molecule has 9 heteroatoms. The van der Waals surface area contributed by atoms with Gasteiger partial charge in [0.2, 0.25) is 11.8 Å². The molecule has 1 atom stereocenters. The van der Waals surface area contributed by atoms with Crippen molar-refractivity contribution in [2.24, 2.45) is 5.92 Å². The van der Waals surface area contributed by atoms with Gasteiger partial charge in [-0.25, -0.2) is 0 Å². The molecule has 27 heavy (non-hydrogen) atoms. The molecule has 2 heterocycles. The van der Waals surface area contributed by atoms with Crippen LogP contribution in [0.4, 0.5) is 18.9 Å². The lowest BCUT2D eigenvalue weighted by atomic mass is 10.0. The van der Waals surface area contributed by atoms with Gasteiger partial charge in [-0.2, -0.15) is 13.2 Å². The minimum Gasteiger partial charge on any atom is -0.381 e. The summed E-state index contributed by atoms with van der Waals surface area (Å²) in [6, 6.07) is 6.55. The van der Waals surface area contributed by atoms with Crippen LogP contribution in [0.15, 0.2) is 28.7 Å². The third-order valence-corrected chi connectivity index (χ3v) is 5.35. The zero-order valence-corrected chi connectivity index (χ0v) is 16.1. The van der Waals surface area contributed by atoms with E-state index in [0.29, 0.717) is 31.7 Å². The van der Waals surface area contributed by atoms with Crippen molar-refractivity contribution in [3.8, 4) is 0 Å². The van der Waals surface area contributed by atoms with Crippen LogP contribution in [0.2, 0.25) is 0 Å². The Hall–Kier alpha value is -1.61. The summed E-state index contributed by atoms with van der Waals surface area (Å²) < 4.78 is 45.2. The highest BCUT2D eigenvalue weighted by molar-refractivity contribution is 9.10. The fourth-order valence-electron chi connectivity index (χ4n) is 3.58. The molecule has 5 nitrogen and oxygen atoms in total. The number of carbonyl (C=O) groups is 2. The van der Waals surface area contributed by atoms with Crippen LogP contribution in [-0.4, -0.2) is 55.2 Å². The van der Waals surface area contributed by atoms with Gasteiger partial charge in [-0.3, -0.25) is 9.59 Å². The molecular weight excluding hydrogens is 429 g/mol. The standard InChI is InChI=1S/C18H20BrF3N2O3/c19-13-2-1-3-15(9-13)23-10-12(8-16(23)25)17(26)24(11-18(20,21)22)14-4-6-27-7-5-14/h1-3,9,12,14H,4-8,10-11H2. The molecule has 0 aromatic heterocycles. The molecule has 2 saturated heterocycles. The molecule has 0 saturated carbocycles. The summed E-state index contributed by atoms with van der Waals surface area (Å²) in [6.07, 6.45) is -3.82. The molecule has 1 aromatic rings. The molecule has 0 spiro atoms. The highest BCUT2D eigenvalue weighted by Crippen LogP contribution is 2.31. The zero-order valence-electron chi connectivity index (χ0n) is 14.5. The van der Waals surface area contributed by atoms with Crippen molar-refractivity contribution in [3.05, 3.63) is 28.7 Å². The molecule has 0 bridgehead atoms. The Kier molecular flexibility index (Phi) is 6.10. The Morgan fingerprint density at radius 3 is 2.63 bits per heavy atom. The Labute approximate surface area is 163 Å². The number of hydrogen-bond acceptors (Lipinski definition) is 3. The van der Waals surface area contributed by atoms with Crippen LogP contribution >= 0.6 is 15.9 Å². The predicted molar refractivity (Wildman–Crippen MR) is 96.2 cm³/mol. The molecular formula is C18H20BrF3N2O3. The quantitative estimate of drug-likeness (QED) is 0.709. The Bertz CT molecular complexity index is 707. The van der Waals surface area contributed by atoms with Gasteiger partial charge in [0.05, 0.1) is 5.92 Å². The SMILES string of the molecule is O=C1CC(C(=O)N(CC(F)(F)F)C2CCOCC2)CN1c1cccc(Br)c1. The molecule has 0 aliphatic carbocycles. The normalized spacial score (nSPS) is 21.6. The largest absolute Gasteiger partial charge is 0.406 e. The molecule has 0 radical (unpaired) electrons. The van der Waals surface area contributed by atoms with Gasteiger partial charge in [0.15, 0.2) is 0 Å². The third kappa shape index (κ3) is 5.01. The lowest BCUT2D eigenvalue weighted by Crippen LogP contribution is -2.50. The molecule has 1 unspecified atom stereocenters. The summed E-state index contributed by atoms with van der Waals surface area (Å²) in [4.78, 5) is 27.7. The van der Waals surface area contributed by atoms with Crippen LogP contribution in [-0.2, 0) is 14.3 Å². The van der Waals surface area contributed by atoms with Gasteiger partial charge in [0.1, 0.15) is 6.54 Å². The summed E-state index contributed by atoms with van der Waals surface area (Å²) in [5.74, 6) is -1.64. The molecule has 2 fully saturated rings. The maximum atomic E-state index is 13.1. The van der Waals surface area contributed by atoms with Crippen molar-refractivity contribution >= 4 is 33.4 Å². The van der Waals surface area contributed by atoms with Crippen molar-refractivity contribution in [3.63, 3.8) is 0 Å². The van der Waals surface area contributed by atoms with Crippen LogP contribution in [0.5, 0.6) is 0 Å². The van der Waals surface area contributed by atoms with Gasteiger partial charge in [-0.15, -0.1) is 0 Å². The Morgan fingerprint density at radius 1 is 1.30 bits per heavy atom. The average molecular weight is 449 g/mol. The summed E-state index contributed by atoms with van der Waals surface area (Å²) in [6.45, 7) is -0.538. The first-order valence-electron chi connectivity index (χ1n) is 8.75. The molecule has 3 rings (SSSR count). The van der Waals surface area contributed by atoms with Crippen molar-refractivity contribution in [2.75, 3.05) is 31.2 Å². The molecule has 1 aromatic carbocycles. The average Bonchev–Trinajstić information content (AvgIpc) is 3.01. The van der Waals surface area contributed by atoms with E-state index in [1.807, 2.05) is 6.07 Å². The number of nitrogens with zero attached hydrogens (tertiary/aromatic N) is 2. The van der Waals surface area contributed by atoms with E-state index >= 15 is 0 Å². The van der Waals surface area contributed by atoms with E-state index in [1.54, 1.807) is 18.2 Å². The van der Waals surface area contributed by atoms with Gasteiger partial charge in [-0.1, -0.05) is 22.0 Å². The van der Waals surface area contributed by atoms with E-state index in [1.165, 1.54) is 4.90 Å². The van der Waals surface area contributed by atoms with Crippen LogP contribution in [0, 0.1) is 5.92 Å². The molecule has 2 aliphatic rings. The predicted octanol–water partition coefficient (Wildman–Crippen LogP) is 3.37. The Morgan fingerprint density at radius 2 is 2.00 bits per heavy atom. The number of halogens is 4. The maximum Gasteiger partial charge on any atom is 0.406 e. The first-order chi connectivity index (χ1) is 12.7. The number of alkyl halides is 3. The van der Waals surface area contributed by atoms with Gasteiger partial charge in [0, 0.05) is 42.4 Å². The van der Waals surface area contributed by atoms with Crippen LogP contribution in [0.1, 0.15) is 19.3 Å². The summed E-state index contributed by atoms with van der Waals surface area (Å²) in [5, 5.41) is 0. The van der Waals surface area contributed by atoms with E-state index in [9.17, 15) is 22.8 Å². The first kappa shape index (κ1) is 20.1. The van der Waals surface area contributed by atoms with Crippen molar-refractivity contribution in [2.45, 2.75) is 31.5 Å². The highest BCUT2D eigenvalue weighted by Gasteiger charge is 2.43. The summed E-state index contributed by atoms with van der Waals surface area (Å²) in [5.41, 5.74) is 0.623. The maximum absolute atomic E-state index is 13.1. The lowest BCUT2D eigenvalue weighted by Gasteiger charge is -2.36. The van der Waals surface area contributed by atoms with Crippen molar-refractivity contribution in [1.29, 1.82) is 0 Å². The fourth-order valence-corrected chi connectivity index (χ4v) is 3.97. The van der Waals surface area contributed by atoms with E-state index in [2.05, 4.69) is 15.9 Å². The number of amides is 2. The zero-order chi connectivity index (χ0) is 19.6. The highest BCUT2D eigenvalue weighted by atomic mass is 79.9. The van der Waals surface area contributed by atoms with E-state index in [-0.39, 0.29) is 18.9 Å². The third-order valence-electron chi connectivity index (χ3n) is 4.86. The first-order valence-corrected chi connectivity index (χ1v) is 9.55. The number of carbonyl (C=O) groups excluding carboxylic acids is 2. The monoisotopic (exact) mass is 448 g/mol. The number of hydrogen-bond donors (Lipinski definition) is 0. The lowest BCUT2D eigenvalue weighted by molar-refractivity contribution is -0.171. The van der Waals surface area contributed by atoms with E-state index < -0.39 is 30.6 Å². The fraction of sp³-hybridized carbons (Fsp3) is 0.556. The minimum atomic E-state index is -4.49. The number of rotatable bonds is 4. The van der Waals surface area contributed by atoms with Crippen molar-refractivity contribution < 1.29 is 27.5 Å². The number of ether oxygens (including phenoxy) is 1. The van der Waals surface area contributed by atoms with Crippen LogP contribution in [0.3, 0.4) is 0 Å². The van der Waals surface area contributed by atoms with Crippen LogP contribution in [0.25, 0.3) is 0 Å². The second-order valence-electron chi connectivity index (χ2n) is 6.81. The Balaban J connectivity index is 1.76. The van der Waals surface area contributed by atoms with Gasteiger partial charge in [-0.05, 0) is 31.0 Å². The van der Waals surface area contributed by atoms with Gasteiger partial charge < -0.3 is 14.5 Å². The van der Waals surface area contributed by atoms with Crippen molar-refractivity contribution in [1.82, 2.24) is 4.90 Å². The second kappa shape index (κ2) is 8.18. The van der Waals surface area contributed by atoms with Gasteiger partial charge >= 0.3 is 6.18 Å². The topological polar surface area (TPSA) is 49.9 Å². The van der Waals surface area contributed by atoms with Gasteiger partial charge in [0.25, 0.3) is 0 Å². The second-order valence-corrected chi connectivity index (χ2v) is 7.73. The number of anilines is 1.